The van der Waals surface area contributed by atoms with Gasteiger partial charge in [-0.25, -0.2) is 4.99 Å². The van der Waals surface area contributed by atoms with E-state index in [0.29, 0.717) is 18.1 Å². The lowest BCUT2D eigenvalue weighted by Gasteiger charge is -2.35. The Hall–Kier alpha value is -1.30. The maximum Gasteiger partial charge on any atom is 0.243 e. The van der Waals surface area contributed by atoms with Gasteiger partial charge in [0, 0.05) is 33.3 Å². The van der Waals surface area contributed by atoms with Crippen LogP contribution < -0.4 is 10.6 Å². The number of carbonyl (C=O) groups excluding carboxylic acids is 1. The van der Waals surface area contributed by atoms with E-state index >= 15 is 0 Å². The van der Waals surface area contributed by atoms with Gasteiger partial charge in [0.1, 0.15) is 6.54 Å². The first-order chi connectivity index (χ1) is 13.5. The molecule has 0 bridgehead atoms. The lowest BCUT2D eigenvalue weighted by molar-refractivity contribution is -0.127. The third kappa shape index (κ3) is 7.61. The minimum absolute atomic E-state index is 0.0284. The van der Waals surface area contributed by atoms with E-state index in [1.807, 2.05) is 0 Å². The fourth-order valence-electron chi connectivity index (χ4n) is 4.37. The number of rotatable bonds is 8. The Balaban J connectivity index is 1.94. The van der Waals surface area contributed by atoms with Crippen LogP contribution in [0.3, 0.4) is 0 Å². The van der Waals surface area contributed by atoms with Crippen LogP contribution in [0.15, 0.2) is 4.99 Å². The van der Waals surface area contributed by atoms with E-state index < -0.39 is 0 Å². The van der Waals surface area contributed by atoms with Gasteiger partial charge in [0.2, 0.25) is 5.91 Å². The average molecular weight is 395 g/mol. The second kappa shape index (κ2) is 12.3. The van der Waals surface area contributed by atoms with Crippen molar-refractivity contribution in [1.82, 2.24) is 15.5 Å². The molecule has 0 aromatic heterocycles. The van der Waals surface area contributed by atoms with Crippen LogP contribution in [-0.4, -0.2) is 62.7 Å². The van der Waals surface area contributed by atoms with Crippen molar-refractivity contribution in [3.8, 4) is 0 Å². The molecule has 0 aromatic carbocycles. The summed E-state index contributed by atoms with van der Waals surface area (Å²) in [6.07, 6.45) is 11.3. The van der Waals surface area contributed by atoms with Crippen molar-refractivity contribution in [2.75, 3.05) is 33.8 Å². The molecule has 1 aliphatic heterocycles. The van der Waals surface area contributed by atoms with Gasteiger partial charge in [-0.2, -0.15) is 0 Å². The maximum absolute atomic E-state index is 12.0. The van der Waals surface area contributed by atoms with Gasteiger partial charge in [0.05, 0.1) is 6.10 Å². The summed E-state index contributed by atoms with van der Waals surface area (Å²) in [5, 5.41) is 7.14. The molecule has 162 valence electrons. The number of amides is 1. The topological polar surface area (TPSA) is 66.0 Å². The first-order valence-corrected chi connectivity index (χ1v) is 11.4. The highest BCUT2D eigenvalue weighted by atomic mass is 16.5. The fraction of sp³-hybridized carbons (Fsp3) is 0.909. The summed E-state index contributed by atoms with van der Waals surface area (Å²) in [7, 11) is 3.55. The quantitative estimate of drug-likeness (QED) is 0.490. The van der Waals surface area contributed by atoms with Gasteiger partial charge >= 0.3 is 0 Å². The molecule has 6 heteroatoms. The number of guanidine groups is 1. The van der Waals surface area contributed by atoms with Crippen LogP contribution in [0.2, 0.25) is 0 Å². The highest BCUT2D eigenvalue weighted by Gasteiger charge is 2.28. The van der Waals surface area contributed by atoms with Crippen LogP contribution in [0.5, 0.6) is 0 Å². The zero-order chi connectivity index (χ0) is 20.4. The van der Waals surface area contributed by atoms with Gasteiger partial charge in [-0.05, 0) is 37.5 Å². The first kappa shape index (κ1) is 23.0. The monoisotopic (exact) mass is 394 g/mol. The molecule has 2 N–H and O–H groups in total. The molecule has 1 saturated carbocycles. The average Bonchev–Trinajstić information content (AvgIpc) is 2.71. The normalized spacial score (nSPS) is 24.2. The minimum atomic E-state index is 0.0284. The Morgan fingerprint density at radius 1 is 1.14 bits per heavy atom. The van der Waals surface area contributed by atoms with E-state index in [2.05, 4.69) is 29.5 Å². The van der Waals surface area contributed by atoms with Crippen molar-refractivity contribution in [3.05, 3.63) is 0 Å². The van der Waals surface area contributed by atoms with Crippen molar-refractivity contribution in [3.63, 3.8) is 0 Å². The molecule has 1 saturated heterocycles. The van der Waals surface area contributed by atoms with Crippen molar-refractivity contribution >= 4 is 11.9 Å². The molecule has 1 aliphatic carbocycles. The molecular weight excluding hydrogens is 352 g/mol. The van der Waals surface area contributed by atoms with Gasteiger partial charge in [-0.1, -0.05) is 46.0 Å². The number of hydrogen-bond acceptors (Lipinski definition) is 3. The summed E-state index contributed by atoms with van der Waals surface area (Å²) in [5.41, 5.74) is 0. The third-order valence-corrected chi connectivity index (χ3v) is 6.38. The van der Waals surface area contributed by atoms with Crippen LogP contribution in [0.4, 0.5) is 0 Å². The lowest BCUT2D eigenvalue weighted by Crippen LogP contribution is -2.49. The lowest BCUT2D eigenvalue weighted by atomic mass is 9.89. The summed E-state index contributed by atoms with van der Waals surface area (Å²) < 4.78 is 6.06. The van der Waals surface area contributed by atoms with Crippen LogP contribution in [-0.2, 0) is 9.53 Å². The Kier molecular flexibility index (Phi) is 10.1. The molecule has 2 rings (SSSR count). The Morgan fingerprint density at radius 2 is 1.86 bits per heavy atom. The van der Waals surface area contributed by atoms with Gasteiger partial charge in [-0.3, -0.25) is 4.79 Å². The van der Waals surface area contributed by atoms with Crippen molar-refractivity contribution in [1.29, 1.82) is 0 Å². The standard InChI is InChI=1S/C22H42N4O2/c1-5-18(6-2)20-14-19(12-13-28-20)25-22(24-16-21(27)26(3)4)23-15-17-10-8-7-9-11-17/h17-20H,5-16H2,1-4H3,(H2,23,24,25). The molecule has 0 spiro atoms. The minimum Gasteiger partial charge on any atom is -0.378 e. The number of likely N-dealkylation sites (N-methyl/N-ethyl adjacent to an activating group) is 1. The van der Waals surface area contributed by atoms with E-state index in [4.69, 9.17) is 4.74 Å². The highest BCUT2D eigenvalue weighted by molar-refractivity contribution is 5.84. The van der Waals surface area contributed by atoms with Crippen LogP contribution in [0, 0.1) is 11.8 Å². The molecule has 2 aliphatic rings. The zero-order valence-corrected chi connectivity index (χ0v) is 18.5. The van der Waals surface area contributed by atoms with E-state index in [1.165, 1.54) is 32.1 Å². The molecular formula is C22H42N4O2. The Bertz CT molecular complexity index is 485. The predicted octanol–water partition coefficient (Wildman–Crippen LogP) is 3.17. The smallest absolute Gasteiger partial charge is 0.243 e. The number of nitrogens with zero attached hydrogens (tertiary/aromatic N) is 2. The molecule has 28 heavy (non-hydrogen) atoms. The molecule has 2 unspecified atom stereocenters. The molecule has 0 aromatic rings. The Labute approximate surface area is 171 Å². The highest BCUT2D eigenvalue weighted by Crippen LogP contribution is 2.25. The molecule has 2 fully saturated rings. The van der Waals surface area contributed by atoms with E-state index in [9.17, 15) is 4.79 Å². The second-order valence-corrected chi connectivity index (χ2v) is 8.69. The van der Waals surface area contributed by atoms with Crippen molar-refractivity contribution in [2.45, 2.75) is 83.8 Å². The SMILES string of the molecule is CCC(CC)C1CC(NC(=NCC(=O)N(C)C)NCC2CCCCC2)CCO1. The molecule has 1 amide bonds. The number of aliphatic imine (C=N–C) groups is 1. The summed E-state index contributed by atoms with van der Waals surface area (Å²) in [5.74, 6) is 2.16. The maximum atomic E-state index is 12.0. The summed E-state index contributed by atoms with van der Waals surface area (Å²) in [6.45, 7) is 6.43. The van der Waals surface area contributed by atoms with Gasteiger partial charge in [-0.15, -0.1) is 0 Å². The second-order valence-electron chi connectivity index (χ2n) is 8.69. The van der Waals surface area contributed by atoms with E-state index in [-0.39, 0.29) is 12.5 Å². The van der Waals surface area contributed by atoms with Crippen molar-refractivity contribution in [2.24, 2.45) is 16.8 Å². The molecule has 2 atom stereocenters. The molecule has 1 heterocycles. The number of nitrogens with one attached hydrogen (secondary N) is 2. The summed E-state index contributed by atoms with van der Waals surface area (Å²) in [4.78, 5) is 18.2. The van der Waals surface area contributed by atoms with Gasteiger partial charge in [0.15, 0.2) is 5.96 Å². The zero-order valence-electron chi connectivity index (χ0n) is 18.5. The van der Waals surface area contributed by atoms with Crippen LogP contribution >= 0.6 is 0 Å². The largest absolute Gasteiger partial charge is 0.378 e. The predicted molar refractivity (Wildman–Crippen MR) is 116 cm³/mol. The van der Waals surface area contributed by atoms with Gasteiger partial charge < -0.3 is 20.3 Å². The van der Waals surface area contributed by atoms with Crippen molar-refractivity contribution < 1.29 is 9.53 Å². The van der Waals surface area contributed by atoms with E-state index in [1.54, 1.807) is 19.0 Å². The fourth-order valence-corrected chi connectivity index (χ4v) is 4.37. The Morgan fingerprint density at radius 3 is 2.50 bits per heavy atom. The number of hydrogen-bond donors (Lipinski definition) is 2. The van der Waals surface area contributed by atoms with Gasteiger partial charge in [0.25, 0.3) is 0 Å². The number of carbonyl (C=O) groups is 1. The summed E-state index contributed by atoms with van der Waals surface area (Å²) in [6, 6.07) is 0.353. The molecule has 0 radical (unpaired) electrons. The van der Waals surface area contributed by atoms with Crippen LogP contribution in [0.1, 0.15) is 71.6 Å². The first-order valence-electron chi connectivity index (χ1n) is 11.4. The van der Waals surface area contributed by atoms with Crippen LogP contribution in [0.25, 0.3) is 0 Å². The third-order valence-electron chi connectivity index (χ3n) is 6.38. The number of ether oxygens (including phenoxy) is 1. The van der Waals surface area contributed by atoms with E-state index in [0.717, 1.165) is 50.7 Å². The molecule has 6 nitrogen and oxygen atoms in total. The summed E-state index contributed by atoms with van der Waals surface area (Å²) >= 11 is 0.